The van der Waals surface area contributed by atoms with Crippen LogP contribution in [0.1, 0.15) is 56.4 Å². The third-order valence-corrected chi connectivity index (χ3v) is 2.59. The number of ketones is 1. The van der Waals surface area contributed by atoms with Crippen molar-refractivity contribution in [1.82, 2.24) is 9.97 Å². The molecule has 5 heteroatoms. The summed E-state index contributed by atoms with van der Waals surface area (Å²) in [7, 11) is 0. The summed E-state index contributed by atoms with van der Waals surface area (Å²) in [6.45, 7) is 3.59. The van der Waals surface area contributed by atoms with Crippen molar-refractivity contribution in [2.45, 2.75) is 51.6 Å². The van der Waals surface area contributed by atoms with Gasteiger partial charge in [0.05, 0.1) is 11.8 Å². The first-order valence-corrected chi connectivity index (χ1v) is 5.94. The molecule has 1 aromatic heterocycles. The topological polar surface area (TPSA) is 92.0 Å². The van der Waals surface area contributed by atoms with Crippen molar-refractivity contribution in [3.8, 4) is 0 Å². The average Bonchev–Trinajstić information content (AvgIpc) is 2.62. The molecule has 0 fully saturated rings. The molecule has 0 unspecified atom stereocenters. The van der Waals surface area contributed by atoms with Crippen molar-refractivity contribution in [2.24, 2.45) is 0 Å². The van der Waals surface area contributed by atoms with Gasteiger partial charge in [0.15, 0.2) is 11.7 Å². The third-order valence-electron chi connectivity index (χ3n) is 2.59. The Morgan fingerprint density at radius 2 is 2.18 bits per heavy atom. The number of nitrogens with zero attached hydrogens (tertiary/aromatic N) is 1. The Morgan fingerprint density at radius 1 is 1.47 bits per heavy atom. The van der Waals surface area contributed by atoms with Crippen LogP contribution in [0, 0.1) is 0 Å². The molecule has 0 bridgehead atoms. The van der Waals surface area contributed by atoms with Gasteiger partial charge in [0.1, 0.15) is 5.69 Å². The molecule has 0 saturated carbocycles. The van der Waals surface area contributed by atoms with Gasteiger partial charge in [-0.3, -0.25) is 4.79 Å². The van der Waals surface area contributed by atoms with Crippen molar-refractivity contribution >= 4 is 11.7 Å². The predicted octanol–water partition coefficient (Wildman–Crippen LogP) is 1.90. The van der Waals surface area contributed by atoms with Gasteiger partial charge < -0.3 is 15.8 Å². The number of aromatic amines is 1. The summed E-state index contributed by atoms with van der Waals surface area (Å²) in [6, 6.07) is 0. The number of nitrogens with two attached hydrogens (primary N) is 1. The quantitative estimate of drug-likeness (QED) is 0.500. The molecule has 96 valence electrons. The Balaban J connectivity index is 2.17. The molecule has 0 aromatic carbocycles. The van der Waals surface area contributed by atoms with E-state index in [0.717, 1.165) is 25.7 Å². The second-order valence-corrected chi connectivity index (χ2v) is 4.98. The minimum absolute atomic E-state index is 0.0393. The van der Waals surface area contributed by atoms with Gasteiger partial charge in [-0.05, 0) is 26.7 Å². The van der Waals surface area contributed by atoms with Crippen LogP contribution in [0.15, 0.2) is 6.20 Å². The maximum Gasteiger partial charge on any atom is 0.197 e. The zero-order chi connectivity index (χ0) is 12.9. The average molecular weight is 239 g/mol. The summed E-state index contributed by atoms with van der Waals surface area (Å²) in [5.41, 5.74) is 5.26. The lowest BCUT2D eigenvalue weighted by Crippen LogP contribution is -2.17. The molecule has 5 nitrogen and oxygen atoms in total. The van der Waals surface area contributed by atoms with E-state index in [-0.39, 0.29) is 11.7 Å². The van der Waals surface area contributed by atoms with Crippen LogP contribution in [-0.4, -0.2) is 26.5 Å². The van der Waals surface area contributed by atoms with Crippen LogP contribution in [0.4, 0.5) is 5.95 Å². The summed E-state index contributed by atoms with van der Waals surface area (Å²) in [4.78, 5) is 18.1. The van der Waals surface area contributed by atoms with Gasteiger partial charge in [0.25, 0.3) is 0 Å². The zero-order valence-electron chi connectivity index (χ0n) is 10.5. The van der Waals surface area contributed by atoms with Crippen LogP contribution in [0.25, 0.3) is 0 Å². The normalized spacial score (nSPS) is 11.7. The summed E-state index contributed by atoms with van der Waals surface area (Å²) < 4.78 is 0. The van der Waals surface area contributed by atoms with Gasteiger partial charge in [-0.2, -0.15) is 0 Å². The van der Waals surface area contributed by atoms with Crippen molar-refractivity contribution in [1.29, 1.82) is 0 Å². The molecule has 0 saturated heterocycles. The lowest BCUT2D eigenvalue weighted by Gasteiger charge is -2.16. The number of nitrogen functional groups attached to an aromatic ring is 1. The zero-order valence-corrected chi connectivity index (χ0v) is 10.5. The number of carbonyl (C=O) groups excluding carboxylic acids is 1. The van der Waals surface area contributed by atoms with Gasteiger partial charge in [-0.25, -0.2) is 4.98 Å². The van der Waals surface area contributed by atoms with Crippen LogP contribution in [-0.2, 0) is 0 Å². The first-order valence-electron chi connectivity index (χ1n) is 5.94. The summed E-state index contributed by atoms with van der Waals surface area (Å²) >= 11 is 0. The summed E-state index contributed by atoms with van der Waals surface area (Å²) in [5.74, 6) is 0.313. The van der Waals surface area contributed by atoms with E-state index in [2.05, 4.69) is 9.97 Å². The van der Waals surface area contributed by atoms with E-state index >= 15 is 0 Å². The fourth-order valence-corrected chi connectivity index (χ4v) is 1.63. The van der Waals surface area contributed by atoms with Crippen molar-refractivity contribution in [2.75, 3.05) is 5.73 Å². The van der Waals surface area contributed by atoms with E-state index in [1.165, 1.54) is 6.20 Å². The Kier molecular flexibility index (Phi) is 4.69. The molecule has 0 aliphatic rings. The molecule has 0 radical (unpaired) electrons. The summed E-state index contributed by atoms with van der Waals surface area (Å²) in [5, 5.41) is 9.51. The second kappa shape index (κ2) is 5.82. The number of hydrogen-bond acceptors (Lipinski definition) is 4. The lowest BCUT2D eigenvalue weighted by molar-refractivity contribution is 0.0680. The number of hydrogen-bond donors (Lipinski definition) is 3. The molecule has 1 heterocycles. The maximum absolute atomic E-state index is 11.6. The monoisotopic (exact) mass is 239 g/mol. The first-order chi connectivity index (χ1) is 7.88. The van der Waals surface area contributed by atoms with Gasteiger partial charge in [0, 0.05) is 6.42 Å². The van der Waals surface area contributed by atoms with Crippen LogP contribution in [0.5, 0.6) is 0 Å². The Bertz CT molecular complexity index is 366. The predicted molar refractivity (Wildman–Crippen MR) is 66.7 cm³/mol. The van der Waals surface area contributed by atoms with Crippen LogP contribution < -0.4 is 5.73 Å². The minimum atomic E-state index is -0.609. The number of rotatable bonds is 7. The van der Waals surface area contributed by atoms with Crippen molar-refractivity contribution in [3.05, 3.63) is 11.9 Å². The van der Waals surface area contributed by atoms with Crippen LogP contribution in [0.3, 0.4) is 0 Å². The third kappa shape index (κ3) is 5.49. The molecule has 0 spiro atoms. The smallest absolute Gasteiger partial charge is 0.197 e. The number of unbranched alkanes of at least 4 members (excludes halogenated alkanes) is 2. The number of Topliss-reactive ketones (excluding diaryl/α,β-unsaturated/α-hetero) is 1. The minimum Gasteiger partial charge on any atom is -0.390 e. The number of carbonyl (C=O) groups is 1. The van der Waals surface area contributed by atoms with Crippen molar-refractivity contribution < 1.29 is 9.90 Å². The number of anilines is 1. The lowest BCUT2D eigenvalue weighted by atomic mass is 10.00. The van der Waals surface area contributed by atoms with E-state index in [9.17, 15) is 9.90 Å². The fraction of sp³-hybridized carbons (Fsp3) is 0.667. The number of nitrogens with one attached hydrogen (secondary N) is 1. The molecule has 0 amide bonds. The summed E-state index contributed by atoms with van der Waals surface area (Å²) in [6.07, 6.45) is 5.43. The van der Waals surface area contributed by atoms with Gasteiger partial charge in [0.2, 0.25) is 0 Å². The largest absolute Gasteiger partial charge is 0.390 e. The SMILES string of the molecule is CC(C)(O)CCCCCC(=O)c1cnc(N)[nH]1. The number of aliphatic hydroxyl groups is 1. The number of aromatic nitrogens is 2. The molecule has 1 rings (SSSR count). The molecular weight excluding hydrogens is 218 g/mol. The van der Waals surface area contributed by atoms with Gasteiger partial charge in [-0.1, -0.05) is 12.8 Å². The molecule has 0 aliphatic heterocycles. The highest BCUT2D eigenvalue weighted by Crippen LogP contribution is 2.14. The standard InChI is InChI=1S/C12H21N3O2/c1-12(2,17)7-5-3-4-6-10(16)9-8-14-11(13)15-9/h8,17H,3-7H2,1-2H3,(H3,13,14,15). The van der Waals surface area contributed by atoms with Gasteiger partial charge in [-0.15, -0.1) is 0 Å². The van der Waals surface area contributed by atoms with E-state index in [1.807, 2.05) is 0 Å². The van der Waals surface area contributed by atoms with E-state index in [1.54, 1.807) is 13.8 Å². The molecular formula is C12H21N3O2. The highest BCUT2D eigenvalue weighted by Gasteiger charge is 2.12. The first kappa shape index (κ1) is 13.7. The molecule has 0 atom stereocenters. The second-order valence-electron chi connectivity index (χ2n) is 4.98. The molecule has 1 aromatic rings. The van der Waals surface area contributed by atoms with E-state index in [4.69, 9.17) is 5.73 Å². The highest BCUT2D eigenvalue weighted by molar-refractivity contribution is 5.94. The van der Waals surface area contributed by atoms with E-state index in [0.29, 0.717) is 12.1 Å². The van der Waals surface area contributed by atoms with E-state index < -0.39 is 5.60 Å². The molecule has 0 aliphatic carbocycles. The maximum atomic E-state index is 11.6. The molecule has 4 N–H and O–H groups in total. The van der Waals surface area contributed by atoms with Crippen LogP contribution >= 0.6 is 0 Å². The number of imidazole rings is 1. The Labute approximate surface area is 101 Å². The van der Waals surface area contributed by atoms with Gasteiger partial charge >= 0.3 is 0 Å². The van der Waals surface area contributed by atoms with Crippen molar-refractivity contribution in [3.63, 3.8) is 0 Å². The Hall–Kier alpha value is -1.36. The highest BCUT2D eigenvalue weighted by atomic mass is 16.3. The van der Waals surface area contributed by atoms with Crippen LogP contribution in [0.2, 0.25) is 0 Å². The fourth-order valence-electron chi connectivity index (χ4n) is 1.63. The number of H-pyrrole nitrogens is 1. The Morgan fingerprint density at radius 3 is 2.71 bits per heavy atom. The molecule has 17 heavy (non-hydrogen) atoms.